The molecule has 0 aliphatic heterocycles. The topological polar surface area (TPSA) is 105 Å². The molecule has 7 heteroatoms. The fourth-order valence-electron chi connectivity index (χ4n) is 4.36. The van der Waals surface area contributed by atoms with Gasteiger partial charge < -0.3 is 20.5 Å². The molecular formula is C27H34N2O5. The minimum absolute atomic E-state index is 0.0414. The van der Waals surface area contributed by atoms with Gasteiger partial charge in [-0.1, -0.05) is 75.7 Å². The van der Waals surface area contributed by atoms with Crippen LogP contribution in [0, 0.1) is 11.8 Å². The van der Waals surface area contributed by atoms with E-state index in [9.17, 15) is 19.5 Å². The Hall–Kier alpha value is -3.35. The molecule has 0 heterocycles. The van der Waals surface area contributed by atoms with Gasteiger partial charge in [0.1, 0.15) is 12.6 Å². The van der Waals surface area contributed by atoms with Crippen LogP contribution >= 0.6 is 0 Å². The summed E-state index contributed by atoms with van der Waals surface area (Å²) in [5, 5.41) is 14.7. The number of carbonyl (C=O) groups is 3. The molecule has 1 aliphatic carbocycles. The van der Waals surface area contributed by atoms with Gasteiger partial charge in [-0.2, -0.15) is 0 Å². The van der Waals surface area contributed by atoms with Crippen LogP contribution in [0.3, 0.4) is 0 Å². The van der Waals surface area contributed by atoms with Crippen LogP contribution in [0.15, 0.2) is 48.5 Å². The molecule has 2 aromatic rings. The molecular weight excluding hydrogens is 432 g/mol. The molecule has 182 valence electrons. The molecule has 0 aromatic heterocycles. The van der Waals surface area contributed by atoms with Crippen molar-refractivity contribution < 1.29 is 24.2 Å². The summed E-state index contributed by atoms with van der Waals surface area (Å²) in [6.07, 6.45) is 1.07. The molecule has 3 N–H and O–H groups in total. The maximum Gasteiger partial charge on any atom is 0.407 e. The van der Waals surface area contributed by atoms with Crippen molar-refractivity contribution >= 4 is 18.0 Å². The van der Waals surface area contributed by atoms with E-state index >= 15 is 0 Å². The Bertz CT molecular complexity index is 976. The Labute approximate surface area is 200 Å². The summed E-state index contributed by atoms with van der Waals surface area (Å²) in [7, 11) is 0. The van der Waals surface area contributed by atoms with Crippen LogP contribution in [0.1, 0.15) is 57.1 Å². The largest absolute Gasteiger partial charge is 0.480 e. The number of nitrogens with one attached hydrogen (secondary N) is 2. The third-order valence-corrected chi connectivity index (χ3v) is 6.65. The van der Waals surface area contributed by atoms with Gasteiger partial charge in [-0.25, -0.2) is 9.59 Å². The van der Waals surface area contributed by atoms with Gasteiger partial charge in [0, 0.05) is 12.5 Å². The predicted octanol–water partition coefficient (Wildman–Crippen LogP) is 4.56. The molecule has 2 amide bonds. The molecule has 0 spiro atoms. The average Bonchev–Trinajstić information content (AvgIpc) is 3.16. The van der Waals surface area contributed by atoms with Crippen molar-refractivity contribution in [2.24, 2.45) is 11.8 Å². The van der Waals surface area contributed by atoms with Crippen LogP contribution in [-0.2, 0) is 14.3 Å². The van der Waals surface area contributed by atoms with Crippen molar-refractivity contribution in [3.8, 4) is 11.1 Å². The summed E-state index contributed by atoms with van der Waals surface area (Å²) < 4.78 is 5.52. The maximum absolute atomic E-state index is 12.6. The fourth-order valence-corrected chi connectivity index (χ4v) is 4.36. The number of hydrogen-bond donors (Lipinski definition) is 3. The number of alkyl carbamates (subject to hydrolysis) is 1. The van der Waals surface area contributed by atoms with Crippen LogP contribution in [0.25, 0.3) is 11.1 Å². The molecule has 7 nitrogen and oxygen atoms in total. The van der Waals surface area contributed by atoms with Crippen LogP contribution in [0.4, 0.5) is 4.79 Å². The molecule has 3 rings (SSSR count). The molecule has 3 unspecified atom stereocenters. The zero-order valence-corrected chi connectivity index (χ0v) is 20.0. The first-order valence-electron chi connectivity index (χ1n) is 12.0. The van der Waals surface area contributed by atoms with E-state index < -0.39 is 24.0 Å². The van der Waals surface area contributed by atoms with Crippen molar-refractivity contribution in [3.63, 3.8) is 0 Å². The van der Waals surface area contributed by atoms with Crippen LogP contribution in [-0.4, -0.2) is 42.3 Å². The number of ether oxygens (including phenoxy) is 1. The van der Waals surface area contributed by atoms with Gasteiger partial charge >= 0.3 is 12.1 Å². The third kappa shape index (κ3) is 5.95. The lowest BCUT2D eigenvalue weighted by molar-refractivity contribution is -0.143. The van der Waals surface area contributed by atoms with Crippen molar-refractivity contribution in [2.75, 3.05) is 13.2 Å². The molecule has 0 saturated heterocycles. The maximum atomic E-state index is 12.6. The summed E-state index contributed by atoms with van der Waals surface area (Å²) in [6.45, 7) is 6.04. The van der Waals surface area contributed by atoms with E-state index in [0.29, 0.717) is 12.8 Å². The smallest absolute Gasteiger partial charge is 0.407 e. The second-order valence-corrected chi connectivity index (χ2v) is 8.96. The summed E-state index contributed by atoms with van der Waals surface area (Å²) >= 11 is 0. The molecule has 34 heavy (non-hydrogen) atoms. The van der Waals surface area contributed by atoms with E-state index in [2.05, 4.69) is 34.9 Å². The van der Waals surface area contributed by atoms with Crippen LogP contribution < -0.4 is 10.6 Å². The number of amides is 2. The van der Waals surface area contributed by atoms with E-state index in [-0.39, 0.29) is 30.9 Å². The first-order valence-corrected chi connectivity index (χ1v) is 12.0. The highest BCUT2D eigenvalue weighted by Crippen LogP contribution is 2.44. The summed E-state index contributed by atoms with van der Waals surface area (Å²) in [5.41, 5.74) is 4.56. The molecule has 3 atom stereocenters. The second kappa shape index (κ2) is 11.7. The highest BCUT2D eigenvalue weighted by molar-refractivity contribution is 5.85. The molecule has 0 saturated carbocycles. The normalized spacial score (nSPS) is 14.9. The monoisotopic (exact) mass is 466 g/mol. The summed E-state index contributed by atoms with van der Waals surface area (Å²) in [4.78, 5) is 36.6. The molecule has 2 aromatic carbocycles. The Kier molecular flexibility index (Phi) is 8.68. The van der Waals surface area contributed by atoms with E-state index in [1.807, 2.05) is 45.0 Å². The van der Waals surface area contributed by atoms with Crippen LogP contribution in [0.5, 0.6) is 0 Å². The first-order chi connectivity index (χ1) is 16.3. The van der Waals surface area contributed by atoms with Crippen molar-refractivity contribution in [3.05, 3.63) is 59.7 Å². The third-order valence-electron chi connectivity index (χ3n) is 6.65. The van der Waals surface area contributed by atoms with Gasteiger partial charge in [0.05, 0.1) is 5.92 Å². The highest BCUT2D eigenvalue weighted by Gasteiger charge is 2.29. The predicted molar refractivity (Wildman–Crippen MR) is 130 cm³/mol. The van der Waals surface area contributed by atoms with Gasteiger partial charge in [0.15, 0.2) is 0 Å². The fraction of sp³-hybridized carbons (Fsp3) is 0.444. The number of rotatable bonds is 11. The van der Waals surface area contributed by atoms with Gasteiger partial charge in [0.25, 0.3) is 0 Å². The van der Waals surface area contributed by atoms with E-state index in [1.165, 1.54) is 0 Å². The Morgan fingerprint density at radius 1 is 0.971 bits per heavy atom. The molecule has 0 radical (unpaired) electrons. The van der Waals surface area contributed by atoms with E-state index in [4.69, 9.17) is 4.74 Å². The van der Waals surface area contributed by atoms with Gasteiger partial charge in [-0.15, -0.1) is 0 Å². The van der Waals surface area contributed by atoms with Gasteiger partial charge in [0.2, 0.25) is 5.91 Å². The Morgan fingerprint density at radius 3 is 2.09 bits per heavy atom. The quantitative estimate of drug-likeness (QED) is 0.450. The van der Waals surface area contributed by atoms with E-state index in [1.54, 1.807) is 0 Å². The number of carboxylic acid groups (broad SMARTS) is 1. The zero-order chi connectivity index (χ0) is 24.7. The standard InChI is InChI=1S/C27H34N2O5/c1-4-17(3)14-24(26(31)32)29-25(30)18(5-2)15-28-27(33)34-16-23-21-12-8-6-10-19(21)20-11-7-9-13-22(20)23/h6-13,17-18,23-24H,4-5,14-16H2,1-3H3,(H,28,33)(H,29,30)(H,31,32). The first kappa shape index (κ1) is 25.3. The minimum atomic E-state index is -1.05. The Balaban J connectivity index is 1.54. The van der Waals surface area contributed by atoms with Gasteiger partial charge in [-0.3, -0.25) is 4.79 Å². The van der Waals surface area contributed by atoms with E-state index in [0.717, 1.165) is 28.7 Å². The lowest BCUT2D eigenvalue weighted by Gasteiger charge is -2.22. The molecule has 0 bridgehead atoms. The lowest BCUT2D eigenvalue weighted by Crippen LogP contribution is -2.46. The number of carboxylic acids is 1. The Morgan fingerprint density at radius 2 is 1.56 bits per heavy atom. The number of hydrogen-bond acceptors (Lipinski definition) is 4. The average molecular weight is 467 g/mol. The summed E-state index contributed by atoms with van der Waals surface area (Å²) in [6, 6.07) is 15.3. The number of fused-ring (bicyclic) bond motifs is 3. The van der Waals surface area contributed by atoms with Crippen molar-refractivity contribution in [2.45, 2.75) is 52.0 Å². The van der Waals surface area contributed by atoms with Gasteiger partial charge in [-0.05, 0) is 41.0 Å². The lowest BCUT2D eigenvalue weighted by atomic mass is 9.98. The minimum Gasteiger partial charge on any atom is -0.480 e. The number of benzene rings is 2. The van der Waals surface area contributed by atoms with Crippen molar-refractivity contribution in [1.82, 2.24) is 10.6 Å². The zero-order valence-electron chi connectivity index (χ0n) is 20.0. The number of aliphatic carboxylic acids is 1. The molecule has 0 fully saturated rings. The summed E-state index contributed by atoms with van der Waals surface area (Å²) in [5.74, 6) is -1.83. The highest BCUT2D eigenvalue weighted by atomic mass is 16.5. The molecule has 1 aliphatic rings. The van der Waals surface area contributed by atoms with Crippen molar-refractivity contribution in [1.29, 1.82) is 0 Å². The second-order valence-electron chi connectivity index (χ2n) is 8.96. The SMILES string of the molecule is CCC(C)CC(NC(=O)C(CC)CNC(=O)OCC1c2ccccc2-c2ccccc21)C(=O)O. The number of carbonyl (C=O) groups excluding carboxylic acids is 2. The van der Waals surface area contributed by atoms with Crippen LogP contribution in [0.2, 0.25) is 0 Å².